The lowest BCUT2D eigenvalue weighted by atomic mass is 10.0. The average Bonchev–Trinajstić information content (AvgIpc) is 2.20. The minimum absolute atomic E-state index is 0.570. The van der Waals surface area contributed by atoms with Crippen LogP contribution < -0.4 is 0 Å². The molecule has 0 spiro atoms. The summed E-state index contributed by atoms with van der Waals surface area (Å²) in [5, 5.41) is 8.35. The normalized spacial score (nSPS) is 12.9. The molecule has 1 heteroatoms. The van der Waals surface area contributed by atoms with Crippen LogP contribution in [0, 0.1) is 17.2 Å². The van der Waals surface area contributed by atoms with E-state index in [2.05, 4.69) is 13.8 Å². The minimum Gasteiger partial charge on any atom is -0.193 e. The summed E-state index contributed by atoms with van der Waals surface area (Å²) in [7, 11) is 0. The van der Waals surface area contributed by atoms with E-state index in [4.69, 9.17) is 5.26 Å². The number of allylic oxidation sites excluding steroid dienone is 2. The maximum Gasteiger partial charge on any atom is 0.0908 e. The second-order valence-electron chi connectivity index (χ2n) is 4.02. The van der Waals surface area contributed by atoms with Crippen LogP contribution in [0.5, 0.6) is 0 Å². The topological polar surface area (TPSA) is 23.8 Å². The Labute approximate surface area is 88.8 Å². The molecule has 0 aliphatic carbocycles. The molecule has 0 saturated carbocycles. The smallest absolute Gasteiger partial charge is 0.0908 e. The van der Waals surface area contributed by atoms with Gasteiger partial charge in [-0.2, -0.15) is 5.26 Å². The Bertz CT molecular complexity index is 176. The van der Waals surface area contributed by atoms with Crippen LogP contribution in [0.3, 0.4) is 0 Å². The standard InChI is InChI=1S/C13H23N/c1-3-4-5-6-7-8-10-13(2)11-9-12-14/h9,11,13H,3-8,10H2,1-2H3. The van der Waals surface area contributed by atoms with Crippen molar-refractivity contribution in [3.63, 3.8) is 0 Å². The molecule has 0 radical (unpaired) electrons. The van der Waals surface area contributed by atoms with Gasteiger partial charge in [-0.1, -0.05) is 58.4 Å². The minimum atomic E-state index is 0.570. The van der Waals surface area contributed by atoms with Crippen molar-refractivity contribution in [3.8, 4) is 6.07 Å². The Morgan fingerprint density at radius 1 is 1.14 bits per heavy atom. The number of hydrogen-bond acceptors (Lipinski definition) is 1. The molecule has 0 aliphatic heterocycles. The molecule has 1 unspecified atom stereocenters. The number of nitriles is 1. The Morgan fingerprint density at radius 2 is 1.79 bits per heavy atom. The van der Waals surface area contributed by atoms with Crippen LogP contribution in [-0.2, 0) is 0 Å². The van der Waals surface area contributed by atoms with Crippen molar-refractivity contribution in [2.75, 3.05) is 0 Å². The van der Waals surface area contributed by atoms with Crippen molar-refractivity contribution in [3.05, 3.63) is 12.2 Å². The van der Waals surface area contributed by atoms with E-state index in [-0.39, 0.29) is 0 Å². The third-order valence-corrected chi connectivity index (χ3v) is 2.51. The first kappa shape index (κ1) is 13.2. The molecule has 0 rings (SSSR count). The van der Waals surface area contributed by atoms with E-state index in [0.29, 0.717) is 5.92 Å². The molecular weight excluding hydrogens is 170 g/mol. The molecule has 1 nitrogen and oxygen atoms in total. The molecule has 0 aromatic heterocycles. The first-order chi connectivity index (χ1) is 6.81. The fourth-order valence-electron chi connectivity index (χ4n) is 1.55. The van der Waals surface area contributed by atoms with Crippen molar-refractivity contribution < 1.29 is 0 Å². The number of nitrogens with zero attached hydrogens (tertiary/aromatic N) is 1. The van der Waals surface area contributed by atoms with Crippen molar-refractivity contribution in [2.24, 2.45) is 5.92 Å². The van der Waals surface area contributed by atoms with Crippen LogP contribution in [0.15, 0.2) is 12.2 Å². The zero-order valence-electron chi connectivity index (χ0n) is 9.63. The maximum atomic E-state index is 8.35. The van der Waals surface area contributed by atoms with Crippen LogP contribution in [0.25, 0.3) is 0 Å². The van der Waals surface area contributed by atoms with Gasteiger partial charge in [0.15, 0.2) is 0 Å². The third kappa shape index (κ3) is 9.32. The van der Waals surface area contributed by atoms with E-state index in [1.54, 1.807) is 6.08 Å². The SMILES string of the molecule is CCCCCCCCC(C)C=CC#N. The summed E-state index contributed by atoms with van der Waals surface area (Å²) < 4.78 is 0. The molecule has 0 aliphatic rings. The molecule has 0 amide bonds. The quantitative estimate of drug-likeness (QED) is 0.412. The average molecular weight is 193 g/mol. The highest BCUT2D eigenvalue weighted by molar-refractivity contribution is 5.03. The Kier molecular flexibility index (Phi) is 9.74. The molecule has 0 aromatic rings. The van der Waals surface area contributed by atoms with Gasteiger partial charge in [-0.25, -0.2) is 0 Å². The van der Waals surface area contributed by atoms with Crippen molar-refractivity contribution in [1.29, 1.82) is 5.26 Å². The highest BCUT2D eigenvalue weighted by Gasteiger charge is 1.96. The van der Waals surface area contributed by atoms with Gasteiger partial charge in [-0.3, -0.25) is 0 Å². The molecule has 0 heterocycles. The predicted molar refractivity (Wildman–Crippen MR) is 61.9 cm³/mol. The molecule has 0 bridgehead atoms. The largest absolute Gasteiger partial charge is 0.193 e. The van der Waals surface area contributed by atoms with E-state index >= 15 is 0 Å². The molecule has 80 valence electrons. The summed E-state index contributed by atoms with van der Waals surface area (Å²) in [6.45, 7) is 4.43. The van der Waals surface area contributed by atoms with Gasteiger partial charge in [0.2, 0.25) is 0 Å². The van der Waals surface area contributed by atoms with Gasteiger partial charge in [0, 0.05) is 6.08 Å². The molecular formula is C13H23N. The van der Waals surface area contributed by atoms with Gasteiger partial charge < -0.3 is 0 Å². The van der Waals surface area contributed by atoms with Crippen molar-refractivity contribution >= 4 is 0 Å². The highest BCUT2D eigenvalue weighted by atomic mass is 14.2. The molecule has 14 heavy (non-hydrogen) atoms. The molecule has 0 N–H and O–H groups in total. The molecule has 0 aromatic carbocycles. The van der Waals surface area contributed by atoms with Crippen LogP contribution in [0.1, 0.15) is 58.8 Å². The van der Waals surface area contributed by atoms with Crippen LogP contribution >= 0.6 is 0 Å². The lowest BCUT2D eigenvalue weighted by Gasteiger charge is -2.04. The second kappa shape index (κ2) is 10.3. The van der Waals surface area contributed by atoms with Gasteiger partial charge in [0.25, 0.3) is 0 Å². The number of unbranched alkanes of at least 4 members (excludes halogenated alkanes) is 5. The Hall–Kier alpha value is -0.770. The Morgan fingerprint density at radius 3 is 2.43 bits per heavy atom. The zero-order valence-corrected chi connectivity index (χ0v) is 9.63. The summed E-state index contributed by atoms with van der Waals surface area (Å²) in [6, 6.07) is 2.04. The lowest BCUT2D eigenvalue weighted by molar-refractivity contribution is 0.543. The molecule has 0 fully saturated rings. The van der Waals surface area contributed by atoms with Gasteiger partial charge in [-0.15, -0.1) is 0 Å². The van der Waals surface area contributed by atoms with E-state index in [1.165, 1.54) is 44.9 Å². The summed E-state index contributed by atoms with van der Waals surface area (Å²) in [5.74, 6) is 0.570. The number of hydrogen-bond donors (Lipinski definition) is 0. The predicted octanol–water partition coefficient (Wildman–Crippen LogP) is 4.45. The van der Waals surface area contributed by atoms with Crippen LogP contribution in [0.2, 0.25) is 0 Å². The van der Waals surface area contributed by atoms with E-state index in [1.807, 2.05) is 12.1 Å². The maximum absolute atomic E-state index is 8.35. The fourth-order valence-corrected chi connectivity index (χ4v) is 1.55. The van der Waals surface area contributed by atoms with Crippen molar-refractivity contribution in [1.82, 2.24) is 0 Å². The van der Waals surface area contributed by atoms with Crippen molar-refractivity contribution in [2.45, 2.75) is 58.8 Å². The number of rotatable bonds is 8. The Balaban J connectivity index is 3.19. The second-order valence-corrected chi connectivity index (χ2v) is 4.02. The van der Waals surface area contributed by atoms with E-state index in [9.17, 15) is 0 Å². The fraction of sp³-hybridized carbons (Fsp3) is 0.769. The summed E-state index contributed by atoms with van der Waals surface area (Å²) in [5.41, 5.74) is 0. The summed E-state index contributed by atoms with van der Waals surface area (Å²) in [6.07, 6.45) is 13.0. The van der Waals surface area contributed by atoms with Gasteiger partial charge in [-0.05, 0) is 12.3 Å². The lowest BCUT2D eigenvalue weighted by Crippen LogP contribution is -1.89. The van der Waals surface area contributed by atoms with Gasteiger partial charge in [0.05, 0.1) is 6.07 Å². The van der Waals surface area contributed by atoms with Crippen LogP contribution in [0.4, 0.5) is 0 Å². The van der Waals surface area contributed by atoms with Gasteiger partial charge >= 0.3 is 0 Å². The monoisotopic (exact) mass is 193 g/mol. The van der Waals surface area contributed by atoms with E-state index < -0.39 is 0 Å². The summed E-state index contributed by atoms with van der Waals surface area (Å²) in [4.78, 5) is 0. The summed E-state index contributed by atoms with van der Waals surface area (Å²) >= 11 is 0. The molecule has 1 atom stereocenters. The third-order valence-electron chi connectivity index (χ3n) is 2.51. The zero-order chi connectivity index (χ0) is 10.6. The van der Waals surface area contributed by atoms with Crippen LogP contribution in [-0.4, -0.2) is 0 Å². The van der Waals surface area contributed by atoms with Gasteiger partial charge in [0.1, 0.15) is 0 Å². The first-order valence-electron chi connectivity index (χ1n) is 5.87. The van der Waals surface area contributed by atoms with E-state index in [0.717, 1.165) is 0 Å². The molecule has 0 saturated heterocycles. The highest BCUT2D eigenvalue weighted by Crippen LogP contribution is 2.12. The first-order valence-corrected chi connectivity index (χ1v) is 5.87.